The Balaban J connectivity index is 1.84. The number of anilines is 1. The summed E-state index contributed by atoms with van der Waals surface area (Å²) in [6, 6.07) is 10.6. The van der Waals surface area contributed by atoms with E-state index in [1.54, 1.807) is 24.3 Å². The summed E-state index contributed by atoms with van der Waals surface area (Å²) >= 11 is 0. The van der Waals surface area contributed by atoms with E-state index in [9.17, 15) is 8.78 Å². The first-order valence-corrected chi connectivity index (χ1v) is 8.98. The van der Waals surface area contributed by atoms with Crippen LogP contribution in [0.2, 0.25) is 0 Å². The molecule has 0 bridgehead atoms. The highest BCUT2D eigenvalue weighted by Gasteiger charge is 2.27. The zero-order chi connectivity index (χ0) is 19.8. The molecule has 1 aliphatic heterocycles. The van der Waals surface area contributed by atoms with Gasteiger partial charge in [0.05, 0.1) is 5.69 Å². The van der Waals surface area contributed by atoms with Gasteiger partial charge in [0.15, 0.2) is 11.6 Å². The Bertz CT molecular complexity index is 1020. The van der Waals surface area contributed by atoms with Gasteiger partial charge < -0.3 is 10.6 Å². The van der Waals surface area contributed by atoms with E-state index in [2.05, 4.69) is 10.2 Å². The van der Waals surface area contributed by atoms with Gasteiger partial charge in [-0.15, -0.1) is 10.2 Å². The van der Waals surface area contributed by atoms with Gasteiger partial charge in [0, 0.05) is 23.6 Å². The predicted octanol–water partition coefficient (Wildman–Crippen LogP) is 4.11. The maximum absolute atomic E-state index is 15.5. The van der Waals surface area contributed by atoms with Crippen molar-refractivity contribution in [2.24, 2.45) is 0 Å². The molecule has 1 unspecified atom stereocenters. The van der Waals surface area contributed by atoms with Gasteiger partial charge in [-0.2, -0.15) is 0 Å². The average Bonchev–Trinajstić information content (AvgIpc) is 2.84. The lowest BCUT2D eigenvalue weighted by atomic mass is 9.85. The van der Waals surface area contributed by atoms with Gasteiger partial charge in [-0.05, 0) is 61.5 Å². The number of halogens is 3. The van der Waals surface area contributed by atoms with Crippen LogP contribution in [0, 0.1) is 17.5 Å². The van der Waals surface area contributed by atoms with Crippen LogP contribution in [0.3, 0.4) is 0 Å². The van der Waals surface area contributed by atoms with Crippen molar-refractivity contribution in [2.75, 3.05) is 19.3 Å². The van der Waals surface area contributed by atoms with Crippen molar-refractivity contribution in [2.45, 2.75) is 18.9 Å². The first-order chi connectivity index (χ1) is 13.4. The SMILES string of the molecule is CN1CCC(c2ccc(F)c(F)c2)c2ccc(-c3ccc(N)nn3)c(F)c2C1. The Kier molecular flexibility index (Phi) is 4.77. The van der Waals surface area contributed by atoms with Crippen LogP contribution in [0.15, 0.2) is 42.5 Å². The number of aromatic nitrogens is 2. The number of nitrogens with two attached hydrogens (primary N) is 1. The third kappa shape index (κ3) is 3.33. The molecule has 0 fully saturated rings. The Morgan fingerprint density at radius 3 is 2.54 bits per heavy atom. The zero-order valence-corrected chi connectivity index (χ0v) is 15.3. The number of nitrogen functional groups attached to an aromatic ring is 1. The van der Waals surface area contributed by atoms with Crippen molar-refractivity contribution in [3.05, 3.63) is 76.6 Å². The molecule has 1 aliphatic rings. The molecule has 0 spiro atoms. The molecule has 2 aromatic carbocycles. The molecule has 3 aromatic rings. The van der Waals surface area contributed by atoms with Crippen molar-refractivity contribution in [3.8, 4) is 11.3 Å². The molecule has 4 rings (SSSR count). The molecule has 2 N–H and O–H groups in total. The number of fused-ring (bicyclic) bond motifs is 1. The smallest absolute Gasteiger partial charge is 0.159 e. The Morgan fingerprint density at radius 1 is 1.00 bits per heavy atom. The molecule has 144 valence electrons. The number of benzene rings is 2. The molecule has 0 amide bonds. The van der Waals surface area contributed by atoms with Crippen molar-refractivity contribution in [1.29, 1.82) is 0 Å². The van der Waals surface area contributed by atoms with E-state index in [1.807, 2.05) is 18.0 Å². The fourth-order valence-electron chi connectivity index (χ4n) is 3.74. The summed E-state index contributed by atoms with van der Waals surface area (Å²) < 4.78 is 42.6. The van der Waals surface area contributed by atoms with E-state index in [0.717, 1.165) is 11.6 Å². The van der Waals surface area contributed by atoms with Gasteiger partial charge in [-0.3, -0.25) is 0 Å². The fourth-order valence-corrected chi connectivity index (χ4v) is 3.74. The van der Waals surface area contributed by atoms with Crippen LogP contribution in [-0.2, 0) is 6.54 Å². The lowest BCUT2D eigenvalue weighted by molar-refractivity contribution is 0.324. The summed E-state index contributed by atoms with van der Waals surface area (Å²) in [5.41, 5.74) is 8.24. The predicted molar refractivity (Wildman–Crippen MR) is 101 cm³/mol. The van der Waals surface area contributed by atoms with Crippen molar-refractivity contribution >= 4 is 5.82 Å². The van der Waals surface area contributed by atoms with Crippen LogP contribution in [0.4, 0.5) is 19.0 Å². The molecule has 0 radical (unpaired) electrons. The van der Waals surface area contributed by atoms with Crippen LogP contribution in [0.5, 0.6) is 0 Å². The van der Waals surface area contributed by atoms with Crippen molar-refractivity contribution in [3.63, 3.8) is 0 Å². The lowest BCUT2D eigenvalue weighted by Gasteiger charge is -2.19. The first kappa shape index (κ1) is 18.4. The lowest BCUT2D eigenvalue weighted by Crippen LogP contribution is -2.18. The minimum atomic E-state index is -0.897. The molecule has 1 aromatic heterocycles. The van der Waals surface area contributed by atoms with Crippen LogP contribution in [-0.4, -0.2) is 28.7 Å². The maximum atomic E-state index is 15.5. The average molecular weight is 384 g/mol. The van der Waals surface area contributed by atoms with Crippen LogP contribution in [0.1, 0.15) is 29.0 Å². The largest absolute Gasteiger partial charge is 0.382 e. The number of hydrogen-bond donors (Lipinski definition) is 1. The van der Waals surface area contributed by atoms with E-state index in [0.29, 0.717) is 41.9 Å². The van der Waals surface area contributed by atoms with Gasteiger partial charge in [0.2, 0.25) is 0 Å². The van der Waals surface area contributed by atoms with E-state index in [4.69, 9.17) is 5.73 Å². The summed E-state index contributed by atoms with van der Waals surface area (Å²) in [5.74, 6) is -2.13. The summed E-state index contributed by atoms with van der Waals surface area (Å²) in [6.45, 7) is 1.12. The maximum Gasteiger partial charge on any atom is 0.159 e. The minimum Gasteiger partial charge on any atom is -0.382 e. The molecular formula is C21H19F3N4. The highest BCUT2D eigenvalue weighted by molar-refractivity contribution is 5.63. The Hall–Kier alpha value is -2.93. The topological polar surface area (TPSA) is 55.0 Å². The normalized spacial score (nSPS) is 17.2. The number of hydrogen-bond acceptors (Lipinski definition) is 4. The molecule has 28 heavy (non-hydrogen) atoms. The summed E-state index contributed by atoms with van der Waals surface area (Å²) in [4.78, 5) is 2.01. The standard InChI is InChI=1S/C21H19F3N4/c1-28-9-8-13(12-2-5-17(22)18(23)10-12)14-3-4-15(21(24)16(14)11-28)19-6-7-20(25)27-26-19/h2-7,10,13H,8-9,11H2,1H3,(H2,25,27). The van der Waals surface area contributed by atoms with Crippen LogP contribution in [0.25, 0.3) is 11.3 Å². The highest BCUT2D eigenvalue weighted by atomic mass is 19.2. The molecular weight excluding hydrogens is 365 g/mol. The summed E-state index contributed by atoms with van der Waals surface area (Å²) in [5, 5.41) is 7.78. The molecule has 7 heteroatoms. The third-order valence-corrected chi connectivity index (χ3v) is 5.19. The van der Waals surface area contributed by atoms with Gasteiger partial charge in [0.1, 0.15) is 11.6 Å². The summed E-state index contributed by atoms with van der Waals surface area (Å²) in [7, 11) is 1.91. The second kappa shape index (κ2) is 7.24. The highest BCUT2D eigenvalue weighted by Crippen LogP contribution is 2.38. The second-order valence-electron chi connectivity index (χ2n) is 7.09. The van der Waals surface area contributed by atoms with Gasteiger partial charge in [-0.1, -0.05) is 12.1 Å². The zero-order valence-electron chi connectivity index (χ0n) is 15.3. The molecule has 4 nitrogen and oxygen atoms in total. The van der Waals surface area contributed by atoms with E-state index in [-0.39, 0.29) is 17.6 Å². The van der Waals surface area contributed by atoms with E-state index < -0.39 is 11.6 Å². The first-order valence-electron chi connectivity index (χ1n) is 8.98. The Morgan fingerprint density at radius 2 is 1.82 bits per heavy atom. The molecule has 0 saturated carbocycles. The monoisotopic (exact) mass is 384 g/mol. The van der Waals surface area contributed by atoms with Crippen LogP contribution < -0.4 is 5.73 Å². The summed E-state index contributed by atoms with van der Waals surface area (Å²) in [6.07, 6.45) is 0.676. The van der Waals surface area contributed by atoms with Gasteiger partial charge in [0.25, 0.3) is 0 Å². The quantitative estimate of drug-likeness (QED) is 0.723. The molecule has 0 saturated heterocycles. The van der Waals surface area contributed by atoms with Gasteiger partial charge in [-0.25, -0.2) is 13.2 Å². The second-order valence-corrected chi connectivity index (χ2v) is 7.09. The Labute approximate surface area is 160 Å². The number of rotatable bonds is 2. The molecule has 2 heterocycles. The van der Waals surface area contributed by atoms with E-state index in [1.165, 1.54) is 6.07 Å². The van der Waals surface area contributed by atoms with E-state index >= 15 is 4.39 Å². The minimum absolute atomic E-state index is 0.226. The molecule has 0 aliphatic carbocycles. The fraction of sp³-hybridized carbons (Fsp3) is 0.238. The molecule has 1 atom stereocenters. The van der Waals surface area contributed by atoms with Crippen LogP contribution >= 0.6 is 0 Å². The third-order valence-electron chi connectivity index (χ3n) is 5.19. The van der Waals surface area contributed by atoms with Crippen molar-refractivity contribution in [1.82, 2.24) is 15.1 Å². The van der Waals surface area contributed by atoms with Gasteiger partial charge >= 0.3 is 0 Å². The van der Waals surface area contributed by atoms with Crippen molar-refractivity contribution < 1.29 is 13.2 Å². The number of nitrogens with zero attached hydrogens (tertiary/aromatic N) is 3.